The third kappa shape index (κ3) is 5.25. The number of nitro groups is 1. The van der Waals surface area contributed by atoms with Gasteiger partial charge >= 0.3 is 0 Å². The molecule has 0 spiro atoms. The summed E-state index contributed by atoms with van der Waals surface area (Å²) in [6.07, 6.45) is 3.16. The number of anilines is 2. The molecule has 3 rings (SSSR count). The van der Waals surface area contributed by atoms with Crippen LogP contribution in [-0.2, 0) is 0 Å². The van der Waals surface area contributed by atoms with Crippen LogP contribution < -0.4 is 15.5 Å². The predicted octanol–water partition coefficient (Wildman–Crippen LogP) is 4.93. The number of nitro benzene ring substituents is 1. The molecule has 0 saturated carbocycles. The van der Waals surface area contributed by atoms with Gasteiger partial charge in [0.15, 0.2) is 5.11 Å². The summed E-state index contributed by atoms with van der Waals surface area (Å²) < 4.78 is 1.15. The van der Waals surface area contributed by atoms with Gasteiger partial charge in [-0.05, 0) is 103 Å². The molecule has 1 aliphatic rings. The molecule has 1 saturated heterocycles. The van der Waals surface area contributed by atoms with E-state index in [0.29, 0.717) is 5.69 Å². The topological polar surface area (TPSA) is 87.5 Å². The van der Waals surface area contributed by atoms with Crippen LogP contribution in [0.4, 0.5) is 17.1 Å². The van der Waals surface area contributed by atoms with E-state index in [-0.39, 0.29) is 16.4 Å². The fraction of sp³-hybridized carbons (Fsp3) is 0.333. The number of aryl methyl sites for hydroxylation is 2. The van der Waals surface area contributed by atoms with Gasteiger partial charge < -0.3 is 10.2 Å². The van der Waals surface area contributed by atoms with Crippen LogP contribution in [0.15, 0.2) is 30.3 Å². The lowest BCUT2D eigenvalue weighted by Gasteiger charge is -2.28. The van der Waals surface area contributed by atoms with Gasteiger partial charge in [0.25, 0.3) is 11.6 Å². The molecule has 30 heavy (non-hydrogen) atoms. The fourth-order valence-electron chi connectivity index (χ4n) is 3.46. The van der Waals surface area contributed by atoms with Gasteiger partial charge in [-0.15, -0.1) is 0 Å². The average molecular weight is 538 g/mol. The second-order valence-electron chi connectivity index (χ2n) is 7.33. The summed E-state index contributed by atoms with van der Waals surface area (Å²) in [7, 11) is 0. The Hall–Kier alpha value is -2.27. The van der Waals surface area contributed by atoms with Crippen molar-refractivity contribution in [2.75, 3.05) is 23.3 Å². The van der Waals surface area contributed by atoms with Crippen LogP contribution in [0.5, 0.6) is 0 Å². The first-order valence-electron chi connectivity index (χ1n) is 9.68. The summed E-state index contributed by atoms with van der Waals surface area (Å²) in [5, 5.41) is 17.4. The number of nitrogens with one attached hydrogen (secondary N) is 2. The van der Waals surface area contributed by atoms with Crippen molar-refractivity contribution in [1.29, 1.82) is 0 Å². The second kappa shape index (κ2) is 9.69. The first-order chi connectivity index (χ1) is 14.3. The van der Waals surface area contributed by atoms with E-state index in [4.69, 9.17) is 12.2 Å². The van der Waals surface area contributed by atoms with Crippen LogP contribution in [-0.4, -0.2) is 29.0 Å². The van der Waals surface area contributed by atoms with Crippen molar-refractivity contribution in [3.05, 3.63) is 60.7 Å². The van der Waals surface area contributed by atoms with Crippen LogP contribution in [0.2, 0.25) is 0 Å². The van der Waals surface area contributed by atoms with Gasteiger partial charge in [0, 0.05) is 34.0 Å². The van der Waals surface area contributed by atoms with Gasteiger partial charge in [-0.25, -0.2) is 0 Å². The van der Waals surface area contributed by atoms with Gasteiger partial charge in [-0.1, -0.05) is 0 Å². The van der Waals surface area contributed by atoms with Crippen molar-refractivity contribution in [2.24, 2.45) is 0 Å². The maximum absolute atomic E-state index is 12.6. The number of carbonyl (C=O) groups excluding carboxylic acids is 1. The molecule has 0 radical (unpaired) electrons. The summed E-state index contributed by atoms with van der Waals surface area (Å²) in [4.78, 5) is 25.8. The molecule has 7 nitrogen and oxygen atoms in total. The number of thiocarbonyl (C=S) groups is 1. The molecule has 1 heterocycles. The maximum atomic E-state index is 12.6. The highest BCUT2D eigenvalue weighted by molar-refractivity contribution is 14.1. The van der Waals surface area contributed by atoms with Crippen LogP contribution in [0.25, 0.3) is 0 Å². The number of piperidine rings is 1. The van der Waals surface area contributed by atoms with Gasteiger partial charge in [0.2, 0.25) is 0 Å². The van der Waals surface area contributed by atoms with Gasteiger partial charge in [-0.2, -0.15) is 0 Å². The standard InChI is InChI=1S/C21H23IN4O3S/c1-13-11-17(14(2)10-16(13)22)23-21(30)24-20(27)15-6-7-18(19(12-15)26(28)29)25-8-4-3-5-9-25/h6-7,10-12H,3-5,8-9H2,1-2H3,(H2,23,24,27,30). The summed E-state index contributed by atoms with van der Waals surface area (Å²) in [5.74, 6) is -0.485. The quantitative estimate of drug-likeness (QED) is 0.249. The fourth-order valence-corrected chi connectivity index (χ4v) is 4.28. The molecule has 2 aromatic carbocycles. The first kappa shape index (κ1) is 22.4. The average Bonchev–Trinajstić information content (AvgIpc) is 2.72. The van der Waals surface area contributed by atoms with E-state index < -0.39 is 10.8 Å². The number of hydrogen-bond acceptors (Lipinski definition) is 5. The monoisotopic (exact) mass is 538 g/mol. The lowest BCUT2D eigenvalue weighted by molar-refractivity contribution is -0.384. The lowest BCUT2D eigenvalue weighted by Crippen LogP contribution is -2.34. The molecular formula is C21H23IN4O3S. The summed E-state index contributed by atoms with van der Waals surface area (Å²) >= 11 is 7.54. The molecule has 0 unspecified atom stereocenters. The number of rotatable bonds is 4. The molecule has 0 aliphatic carbocycles. The van der Waals surface area contributed by atoms with Crippen molar-refractivity contribution < 1.29 is 9.72 Å². The molecule has 2 N–H and O–H groups in total. The highest BCUT2D eigenvalue weighted by atomic mass is 127. The number of benzene rings is 2. The minimum atomic E-state index is -0.485. The zero-order valence-corrected chi connectivity index (χ0v) is 19.8. The van der Waals surface area contributed by atoms with Crippen molar-refractivity contribution in [1.82, 2.24) is 5.32 Å². The highest BCUT2D eigenvalue weighted by Crippen LogP contribution is 2.31. The van der Waals surface area contributed by atoms with Crippen molar-refractivity contribution >= 4 is 62.9 Å². The normalized spacial score (nSPS) is 13.6. The number of halogens is 1. The van der Waals surface area contributed by atoms with Crippen LogP contribution in [0.1, 0.15) is 40.7 Å². The molecule has 158 valence electrons. The SMILES string of the molecule is Cc1cc(NC(=S)NC(=O)c2ccc(N3CCCCC3)c([N+](=O)[O-])c2)c(C)cc1I. The van der Waals surface area contributed by atoms with E-state index in [2.05, 4.69) is 33.2 Å². The Morgan fingerprint density at radius 1 is 1.13 bits per heavy atom. The molecular weight excluding hydrogens is 515 g/mol. The van der Waals surface area contributed by atoms with E-state index in [1.165, 1.54) is 6.07 Å². The molecule has 0 atom stereocenters. The van der Waals surface area contributed by atoms with E-state index in [1.54, 1.807) is 12.1 Å². The van der Waals surface area contributed by atoms with E-state index in [0.717, 1.165) is 52.7 Å². The Kier molecular flexibility index (Phi) is 7.24. The van der Waals surface area contributed by atoms with Gasteiger partial charge in [0.1, 0.15) is 5.69 Å². The van der Waals surface area contributed by atoms with Crippen molar-refractivity contribution in [3.8, 4) is 0 Å². The third-order valence-corrected chi connectivity index (χ3v) is 6.48. The van der Waals surface area contributed by atoms with E-state index in [1.807, 2.05) is 30.9 Å². The number of amides is 1. The van der Waals surface area contributed by atoms with Gasteiger partial charge in [0.05, 0.1) is 4.92 Å². The molecule has 0 bridgehead atoms. The van der Waals surface area contributed by atoms with Crippen molar-refractivity contribution in [3.63, 3.8) is 0 Å². The third-order valence-electron chi connectivity index (χ3n) is 5.11. The molecule has 9 heteroatoms. The first-order valence-corrected chi connectivity index (χ1v) is 11.2. The maximum Gasteiger partial charge on any atom is 0.293 e. The Labute approximate surface area is 194 Å². The Morgan fingerprint density at radius 3 is 2.50 bits per heavy atom. The van der Waals surface area contributed by atoms with Gasteiger partial charge in [-0.3, -0.25) is 20.2 Å². The van der Waals surface area contributed by atoms with Crippen molar-refractivity contribution in [2.45, 2.75) is 33.1 Å². The predicted molar refractivity (Wildman–Crippen MR) is 131 cm³/mol. The van der Waals surface area contributed by atoms with E-state index >= 15 is 0 Å². The smallest absolute Gasteiger partial charge is 0.293 e. The largest absolute Gasteiger partial charge is 0.366 e. The Bertz CT molecular complexity index is 1010. The second-order valence-corrected chi connectivity index (χ2v) is 8.90. The Morgan fingerprint density at radius 2 is 1.83 bits per heavy atom. The minimum absolute atomic E-state index is 0.0625. The molecule has 1 fully saturated rings. The minimum Gasteiger partial charge on any atom is -0.366 e. The van der Waals surface area contributed by atoms with Crippen LogP contribution in [0, 0.1) is 27.5 Å². The Balaban J connectivity index is 1.74. The zero-order valence-electron chi connectivity index (χ0n) is 16.8. The molecule has 0 aromatic heterocycles. The van der Waals surface area contributed by atoms with Crippen LogP contribution in [0.3, 0.4) is 0 Å². The number of nitrogens with zero attached hydrogens (tertiary/aromatic N) is 2. The summed E-state index contributed by atoms with van der Waals surface area (Å²) in [5.41, 5.74) is 3.60. The lowest BCUT2D eigenvalue weighted by atomic mass is 10.1. The molecule has 1 aliphatic heterocycles. The number of carbonyl (C=O) groups is 1. The molecule has 1 amide bonds. The summed E-state index contributed by atoms with van der Waals surface area (Å²) in [6, 6.07) is 8.58. The number of hydrogen-bond donors (Lipinski definition) is 2. The molecule has 2 aromatic rings. The zero-order chi connectivity index (χ0) is 21.8. The van der Waals surface area contributed by atoms with E-state index in [9.17, 15) is 14.9 Å². The highest BCUT2D eigenvalue weighted by Gasteiger charge is 2.23. The summed E-state index contributed by atoms with van der Waals surface area (Å²) in [6.45, 7) is 5.53. The van der Waals surface area contributed by atoms with Crippen LogP contribution >= 0.6 is 34.8 Å².